The Hall–Kier alpha value is -0.980. The van der Waals surface area contributed by atoms with Crippen LogP contribution in [0.4, 0.5) is 8.78 Å². The molecular weight excluding hydrogens is 354 g/mol. The minimum atomic E-state index is -1.02. The van der Waals surface area contributed by atoms with E-state index in [0.29, 0.717) is 16.4 Å². The molecule has 0 aliphatic carbocycles. The van der Waals surface area contributed by atoms with E-state index >= 15 is 0 Å². The van der Waals surface area contributed by atoms with Crippen molar-refractivity contribution in [3.8, 4) is 0 Å². The second-order valence-corrected chi connectivity index (χ2v) is 5.61. The average Bonchev–Trinajstić information content (AvgIpc) is 2.62. The molecule has 3 nitrogen and oxygen atoms in total. The predicted molar refractivity (Wildman–Crippen MR) is 75.7 cm³/mol. The van der Waals surface area contributed by atoms with Gasteiger partial charge < -0.3 is 5.11 Å². The van der Waals surface area contributed by atoms with Crippen LogP contribution < -0.4 is 0 Å². The zero-order valence-electron chi connectivity index (χ0n) is 10.8. The number of rotatable bonds is 3. The van der Waals surface area contributed by atoms with Gasteiger partial charge in [0, 0.05) is 19.0 Å². The number of hydrogen-bond donors (Lipinski definition) is 1. The summed E-state index contributed by atoms with van der Waals surface area (Å²) in [6.07, 6.45) is -0.845. The zero-order valence-corrected chi connectivity index (χ0v) is 13.1. The third-order valence-electron chi connectivity index (χ3n) is 3.09. The summed E-state index contributed by atoms with van der Waals surface area (Å²) >= 11 is 9.04. The minimum absolute atomic E-state index is 0.0809. The lowest BCUT2D eigenvalue weighted by Crippen LogP contribution is -2.05. The van der Waals surface area contributed by atoms with Crippen molar-refractivity contribution in [3.05, 3.63) is 50.2 Å². The molecule has 0 radical (unpaired) electrons. The van der Waals surface area contributed by atoms with E-state index in [1.165, 1.54) is 10.7 Å². The lowest BCUT2D eigenvalue weighted by atomic mass is 10.0. The highest BCUT2D eigenvalue weighted by Gasteiger charge is 2.21. The summed E-state index contributed by atoms with van der Waals surface area (Å²) in [5.41, 5.74) is 1.64. The van der Waals surface area contributed by atoms with Crippen LogP contribution >= 0.6 is 27.5 Å². The lowest BCUT2D eigenvalue weighted by molar-refractivity contribution is 0.176. The molecule has 0 aliphatic rings. The lowest BCUT2D eigenvalue weighted by Gasteiger charge is -2.13. The molecule has 20 heavy (non-hydrogen) atoms. The van der Waals surface area contributed by atoms with Crippen molar-refractivity contribution < 1.29 is 13.9 Å². The fourth-order valence-corrected chi connectivity index (χ4v) is 2.84. The summed E-state index contributed by atoms with van der Waals surface area (Å²) in [6.45, 7) is 1.77. The molecule has 0 bridgehead atoms. The highest BCUT2D eigenvalue weighted by atomic mass is 79.9. The molecule has 0 spiro atoms. The first-order valence-electron chi connectivity index (χ1n) is 5.82. The van der Waals surface area contributed by atoms with Crippen LogP contribution in [0.5, 0.6) is 0 Å². The fourth-order valence-electron chi connectivity index (χ4n) is 2.01. The van der Waals surface area contributed by atoms with Crippen molar-refractivity contribution in [1.82, 2.24) is 9.78 Å². The van der Waals surface area contributed by atoms with Crippen LogP contribution in [-0.2, 0) is 13.5 Å². The maximum Gasteiger partial charge on any atom is 0.173 e. The second-order valence-electron chi connectivity index (χ2n) is 4.46. The third kappa shape index (κ3) is 2.73. The van der Waals surface area contributed by atoms with Gasteiger partial charge in [0.1, 0.15) is 5.15 Å². The van der Waals surface area contributed by atoms with E-state index < -0.39 is 17.7 Å². The fraction of sp³-hybridized carbons (Fsp3) is 0.308. The average molecular weight is 366 g/mol. The van der Waals surface area contributed by atoms with E-state index in [1.54, 1.807) is 14.0 Å². The van der Waals surface area contributed by atoms with E-state index in [-0.39, 0.29) is 16.5 Å². The number of nitrogens with zero attached hydrogens (tertiary/aromatic N) is 2. The standard InChI is InChI=1S/C13H12BrClF2N2O/c1-6-8(13(15)19(2)18-6)5-10(20)7-3-4-9(16)12(17)11(7)14/h3-4,10,20H,5H2,1-2H3. The molecule has 0 fully saturated rings. The number of aromatic nitrogens is 2. The number of hydrogen-bond acceptors (Lipinski definition) is 2. The molecule has 0 aliphatic heterocycles. The van der Waals surface area contributed by atoms with Gasteiger partial charge in [0.25, 0.3) is 0 Å². The quantitative estimate of drug-likeness (QED) is 0.842. The van der Waals surface area contributed by atoms with E-state index in [9.17, 15) is 13.9 Å². The van der Waals surface area contributed by atoms with E-state index in [2.05, 4.69) is 21.0 Å². The molecular formula is C13H12BrClF2N2O. The zero-order chi connectivity index (χ0) is 15.0. The molecule has 1 heterocycles. The SMILES string of the molecule is Cc1nn(C)c(Cl)c1CC(O)c1ccc(F)c(F)c1Br. The Labute approximate surface area is 128 Å². The molecule has 0 amide bonds. The molecule has 1 unspecified atom stereocenters. The smallest absolute Gasteiger partial charge is 0.173 e. The highest BCUT2D eigenvalue weighted by molar-refractivity contribution is 9.10. The Morgan fingerprint density at radius 1 is 1.45 bits per heavy atom. The normalized spacial score (nSPS) is 12.8. The summed E-state index contributed by atoms with van der Waals surface area (Å²) in [5, 5.41) is 14.8. The molecule has 1 aromatic heterocycles. The molecule has 1 N–H and O–H groups in total. The van der Waals surface area contributed by atoms with Gasteiger partial charge in [0.05, 0.1) is 16.3 Å². The summed E-state index contributed by atoms with van der Waals surface area (Å²) < 4.78 is 28.0. The van der Waals surface area contributed by atoms with Gasteiger partial charge in [-0.05, 0) is 34.5 Å². The number of aliphatic hydroxyl groups is 1. The molecule has 0 saturated heterocycles. The first-order chi connectivity index (χ1) is 9.32. The Morgan fingerprint density at radius 3 is 2.65 bits per heavy atom. The molecule has 2 aromatic rings. The van der Waals surface area contributed by atoms with E-state index in [1.807, 2.05) is 0 Å². The van der Waals surface area contributed by atoms with Gasteiger partial charge in [0.15, 0.2) is 11.6 Å². The van der Waals surface area contributed by atoms with Gasteiger partial charge in [-0.25, -0.2) is 8.78 Å². The molecule has 1 atom stereocenters. The molecule has 108 valence electrons. The maximum atomic E-state index is 13.5. The summed E-state index contributed by atoms with van der Waals surface area (Å²) in [4.78, 5) is 0. The number of aryl methyl sites for hydroxylation is 2. The van der Waals surface area contributed by atoms with Crippen molar-refractivity contribution in [3.63, 3.8) is 0 Å². The van der Waals surface area contributed by atoms with Gasteiger partial charge >= 0.3 is 0 Å². The highest BCUT2D eigenvalue weighted by Crippen LogP contribution is 2.31. The number of benzene rings is 1. The van der Waals surface area contributed by atoms with Gasteiger partial charge in [-0.1, -0.05) is 17.7 Å². The molecule has 7 heteroatoms. The Bertz CT molecular complexity index is 660. The van der Waals surface area contributed by atoms with Crippen LogP contribution in [0, 0.1) is 18.6 Å². The van der Waals surface area contributed by atoms with Crippen molar-refractivity contribution in [1.29, 1.82) is 0 Å². The van der Waals surface area contributed by atoms with Crippen molar-refractivity contribution in [2.45, 2.75) is 19.4 Å². The summed E-state index contributed by atoms with van der Waals surface area (Å²) in [7, 11) is 1.69. The van der Waals surface area contributed by atoms with Gasteiger partial charge in [-0.3, -0.25) is 4.68 Å². The van der Waals surface area contributed by atoms with E-state index in [4.69, 9.17) is 11.6 Å². The maximum absolute atomic E-state index is 13.5. The van der Waals surface area contributed by atoms with Gasteiger partial charge in [-0.2, -0.15) is 5.10 Å². The third-order valence-corrected chi connectivity index (χ3v) is 4.37. The van der Waals surface area contributed by atoms with Crippen LogP contribution in [0.1, 0.15) is 22.9 Å². The Morgan fingerprint density at radius 2 is 2.10 bits per heavy atom. The first-order valence-corrected chi connectivity index (χ1v) is 6.99. The molecule has 2 rings (SSSR count). The van der Waals surface area contributed by atoms with Crippen LogP contribution in [0.15, 0.2) is 16.6 Å². The molecule has 0 saturated carbocycles. The monoisotopic (exact) mass is 364 g/mol. The van der Waals surface area contributed by atoms with Crippen LogP contribution in [0.25, 0.3) is 0 Å². The second kappa shape index (κ2) is 5.79. The van der Waals surface area contributed by atoms with Crippen LogP contribution in [0.3, 0.4) is 0 Å². The first kappa shape index (κ1) is 15.4. The summed E-state index contributed by atoms with van der Waals surface area (Å²) in [5.74, 6) is -1.99. The van der Waals surface area contributed by atoms with Crippen LogP contribution in [0.2, 0.25) is 5.15 Å². The Balaban J connectivity index is 2.33. The van der Waals surface area contributed by atoms with Crippen molar-refractivity contribution in [2.75, 3.05) is 0 Å². The topological polar surface area (TPSA) is 38.0 Å². The summed E-state index contributed by atoms with van der Waals surface area (Å²) in [6, 6.07) is 2.32. The largest absolute Gasteiger partial charge is 0.388 e. The molecule has 1 aromatic carbocycles. The van der Waals surface area contributed by atoms with Crippen molar-refractivity contribution in [2.24, 2.45) is 7.05 Å². The number of aliphatic hydroxyl groups excluding tert-OH is 1. The number of halogens is 4. The van der Waals surface area contributed by atoms with Gasteiger partial charge in [-0.15, -0.1) is 0 Å². The predicted octanol–water partition coefficient (Wildman–Crippen LogP) is 3.70. The van der Waals surface area contributed by atoms with Crippen LogP contribution in [-0.4, -0.2) is 14.9 Å². The van der Waals surface area contributed by atoms with E-state index in [0.717, 1.165) is 6.07 Å². The van der Waals surface area contributed by atoms with Crippen molar-refractivity contribution >= 4 is 27.5 Å². The minimum Gasteiger partial charge on any atom is -0.388 e. The van der Waals surface area contributed by atoms with Gasteiger partial charge in [0.2, 0.25) is 0 Å². The Kier molecular flexibility index (Phi) is 4.46.